The van der Waals surface area contributed by atoms with Crippen molar-refractivity contribution < 1.29 is 26.7 Å². The maximum atomic E-state index is 12.1. The average molecular weight is 293 g/mol. The van der Waals surface area contributed by atoms with Crippen molar-refractivity contribution >= 4 is 10.0 Å². The Labute approximate surface area is 109 Å². The number of ether oxygens (including phenoxy) is 2. The molecule has 106 valence electrons. The summed E-state index contributed by atoms with van der Waals surface area (Å²) in [6, 6.07) is 5.99. The standard InChI is InChI=1S/C11H13F2NO4S/c12-11(13)18-10-3-1-2-9(6-10)7-14-4-5-17-8-19(14,15)16/h1-3,6,11H,4-5,7-8H2. The molecule has 8 heteroatoms. The van der Waals surface area contributed by atoms with Gasteiger partial charge >= 0.3 is 6.61 Å². The van der Waals surface area contributed by atoms with Gasteiger partial charge in [0.15, 0.2) is 5.94 Å². The van der Waals surface area contributed by atoms with Gasteiger partial charge in [-0.2, -0.15) is 13.1 Å². The maximum absolute atomic E-state index is 12.1. The summed E-state index contributed by atoms with van der Waals surface area (Å²) in [6.07, 6.45) is 0. The van der Waals surface area contributed by atoms with E-state index >= 15 is 0 Å². The van der Waals surface area contributed by atoms with Crippen LogP contribution in [0.1, 0.15) is 5.56 Å². The molecule has 2 rings (SSSR count). The Bertz CT molecular complexity index is 535. The third kappa shape index (κ3) is 3.85. The van der Waals surface area contributed by atoms with Crippen LogP contribution in [0.4, 0.5) is 8.78 Å². The van der Waals surface area contributed by atoms with Gasteiger partial charge in [0.1, 0.15) is 5.75 Å². The van der Waals surface area contributed by atoms with Gasteiger partial charge in [-0.25, -0.2) is 8.42 Å². The molecule has 0 spiro atoms. The van der Waals surface area contributed by atoms with Gasteiger partial charge in [0.05, 0.1) is 6.61 Å². The minimum Gasteiger partial charge on any atom is -0.435 e. The maximum Gasteiger partial charge on any atom is 0.387 e. The Balaban J connectivity index is 2.10. The molecule has 0 radical (unpaired) electrons. The molecule has 0 aromatic heterocycles. The largest absolute Gasteiger partial charge is 0.435 e. The van der Waals surface area contributed by atoms with E-state index in [1.807, 2.05) is 0 Å². The number of sulfonamides is 1. The summed E-state index contributed by atoms with van der Waals surface area (Å²) in [7, 11) is -3.44. The Morgan fingerprint density at radius 2 is 2.21 bits per heavy atom. The smallest absolute Gasteiger partial charge is 0.387 e. The summed E-state index contributed by atoms with van der Waals surface area (Å²) in [6.45, 7) is -2.21. The zero-order chi connectivity index (χ0) is 13.9. The third-order valence-corrected chi connectivity index (χ3v) is 4.16. The number of rotatable bonds is 4. The Hall–Kier alpha value is -1.25. The van der Waals surface area contributed by atoms with Crippen molar-refractivity contribution in [1.29, 1.82) is 0 Å². The molecule has 1 fully saturated rings. The highest BCUT2D eigenvalue weighted by molar-refractivity contribution is 7.88. The molecule has 0 amide bonds. The molecular weight excluding hydrogens is 280 g/mol. The van der Waals surface area contributed by atoms with E-state index in [4.69, 9.17) is 4.74 Å². The zero-order valence-corrected chi connectivity index (χ0v) is 10.8. The van der Waals surface area contributed by atoms with Crippen molar-refractivity contribution in [2.75, 3.05) is 19.1 Å². The highest BCUT2D eigenvalue weighted by atomic mass is 32.2. The molecule has 0 saturated carbocycles. The molecule has 0 atom stereocenters. The fraction of sp³-hybridized carbons (Fsp3) is 0.455. The molecule has 1 aliphatic heterocycles. The van der Waals surface area contributed by atoms with E-state index < -0.39 is 16.6 Å². The van der Waals surface area contributed by atoms with Crippen LogP contribution in [0.25, 0.3) is 0 Å². The van der Waals surface area contributed by atoms with Crippen LogP contribution in [0.5, 0.6) is 5.75 Å². The van der Waals surface area contributed by atoms with Crippen LogP contribution in [0.2, 0.25) is 0 Å². The molecule has 1 aliphatic rings. The van der Waals surface area contributed by atoms with Gasteiger partial charge in [0.25, 0.3) is 0 Å². The second-order valence-corrected chi connectivity index (χ2v) is 5.91. The number of alkyl halides is 2. The minimum absolute atomic E-state index is 0.0122. The summed E-state index contributed by atoms with van der Waals surface area (Å²) < 4.78 is 58.0. The van der Waals surface area contributed by atoms with Crippen LogP contribution in [-0.2, 0) is 21.3 Å². The second-order valence-electron chi connectivity index (χ2n) is 4.00. The van der Waals surface area contributed by atoms with Gasteiger partial charge in [-0.1, -0.05) is 12.1 Å². The van der Waals surface area contributed by atoms with E-state index in [9.17, 15) is 17.2 Å². The molecule has 0 aliphatic carbocycles. The Morgan fingerprint density at radius 1 is 1.42 bits per heavy atom. The quantitative estimate of drug-likeness (QED) is 0.842. The molecule has 1 aromatic carbocycles. The molecular formula is C11H13F2NO4S. The molecule has 1 heterocycles. The average Bonchev–Trinajstić information content (AvgIpc) is 2.31. The third-order valence-electron chi connectivity index (χ3n) is 2.59. The highest BCUT2D eigenvalue weighted by Crippen LogP contribution is 2.19. The number of benzene rings is 1. The molecule has 1 saturated heterocycles. The number of hydrogen-bond acceptors (Lipinski definition) is 4. The van der Waals surface area contributed by atoms with E-state index in [2.05, 4.69) is 4.74 Å². The van der Waals surface area contributed by atoms with Crippen molar-refractivity contribution in [2.24, 2.45) is 0 Å². The summed E-state index contributed by atoms with van der Waals surface area (Å²) in [5.41, 5.74) is 0.587. The van der Waals surface area contributed by atoms with E-state index in [0.717, 1.165) is 0 Å². The number of hydrogen-bond donors (Lipinski definition) is 0. The summed E-state index contributed by atoms with van der Waals surface area (Å²) in [5.74, 6) is -0.335. The van der Waals surface area contributed by atoms with E-state index in [1.165, 1.54) is 16.4 Å². The first-order chi connectivity index (χ1) is 8.97. The Morgan fingerprint density at radius 3 is 2.89 bits per heavy atom. The summed E-state index contributed by atoms with van der Waals surface area (Å²) in [5, 5.41) is 0. The van der Waals surface area contributed by atoms with Crippen molar-refractivity contribution in [2.45, 2.75) is 13.2 Å². The van der Waals surface area contributed by atoms with E-state index in [0.29, 0.717) is 12.2 Å². The molecule has 1 aromatic rings. The lowest BCUT2D eigenvalue weighted by Gasteiger charge is -2.26. The van der Waals surface area contributed by atoms with Gasteiger partial charge in [-0.05, 0) is 17.7 Å². The topological polar surface area (TPSA) is 55.8 Å². The van der Waals surface area contributed by atoms with Gasteiger partial charge in [-0.15, -0.1) is 0 Å². The van der Waals surface area contributed by atoms with Crippen LogP contribution in [0.3, 0.4) is 0 Å². The van der Waals surface area contributed by atoms with Crippen LogP contribution < -0.4 is 4.74 Å². The number of halogens is 2. The lowest BCUT2D eigenvalue weighted by molar-refractivity contribution is -0.0499. The second kappa shape index (κ2) is 5.81. The van der Waals surface area contributed by atoms with Crippen LogP contribution >= 0.6 is 0 Å². The number of nitrogens with zero attached hydrogens (tertiary/aromatic N) is 1. The first kappa shape index (κ1) is 14.2. The normalized spacial score (nSPS) is 19.5. The predicted octanol–water partition coefficient (Wildman–Crippen LogP) is 1.41. The van der Waals surface area contributed by atoms with Crippen LogP contribution in [-0.4, -0.2) is 38.4 Å². The molecule has 0 N–H and O–H groups in total. The molecule has 19 heavy (non-hydrogen) atoms. The lowest BCUT2D eigenvalue weighted by Crippen LogP contribution is -2.40. The molecule has 0 unspecified atom stereocenters. The van der Waals surface area contributed by atoms with Crippen LogP contribution in [0, 0.1) is 0 Å². The van der Waals surface area contributed by atoms with Crippen LogP contribution in [0.15, 0.2) is 24.3 Å². The van der Waals surface area contributed by atoms with E-state index in [-0.39, 0.29) is 24.8 Å². The summed E-state index contributed by atoms with van der Waals surface area (Å²) >= 11 is 0. The van der Waals surface area contributed by atoms with Gasteiger partial charge in [0.2, 0.25) is 10.0 Å². The molecule has 0 bridgehead atoms. The van der Waals surface area contributed by atoms with Gasteiger partial charge in [0, 0.05) is 13.1 Å². The monoisotopic (exact) mass is 293 g/mol. The first-order valence-corrected chi connectivity index (χ1v) is 7.17. The van der Waals surface area contributed by atoms with Crippen molar-refractivity contribution in [3.05, 3.63) is 29.8 Å². The predicted molar refractivity (Wildman–Crippen MR) is 63.2 cm³/mol. The zero-order valence-electron chi connectivity index (χ0n) is 9.96. The van der Waals surface area contributed by atoms with Gasteiger partial charge in [-0.3, -0.25) is 0 Å². The fourth-order valence-corrected chi connectivity index (χ4v) is 2.92. The fourth-order valence-electron chi connectivity index (χ4n) is 1.75. The lowest BCUT2D eigenvalue weighted by atomic mass is 10.2. The summed E-state index contributed by atoms with van der Waals surface area (Å²) in [4.78, 5) is 0. The Kier molecular flexibility index (Phi) is 4.33. The van der Waals surface area contributed by atoms with Crippen molar-refractivity contribution in [1.82, 2.24) is 4.31 Å². The highest BCUT2D eigenvalue weighted by Gasteiger charge is 2.26. The van der Waals surface area contributed by atoms with Crippen molar-refractivity contribution in [3.63, 3.8) is 0 Å². The SMILES string of the molecule is O=S1(=O)COCCN1Cc1cccc(OC(F)F)c1. The van der Waals surface area contributed by atoms with Gasteiger partial charge < -0.3 is 9.47 Å². The minimum atomic E-state index is -3.44. The first-order valence-electron chi connectivity index (χ1n) is 5.57. The van der Waals surface area contributed by atoms with Crippen molar-refractivity contribution in [3.8, 4) is 5.75 Å². The van der Waals surface area contributed by atoms with E-state index in [1.54, 1.807) is 12.1 Å². The molecule has 5 nitrogen and oxygen atoms in total.